The molecule has 94 valence electrons. The summed E-state index contributed by atoms with van der Waals surface area (Å²) in [5, 5.41) is 8.78. The van der Waals surface area contributed by atoms with Crippen molar-refractivity contribution >= 4 is 5.97 Å². The number of benzene rings is 1. The Bertz CT molecular complexity index is 650. The average molecular weight is 255 g/mol. The quantitative estimate of drug-likeness (QED) is 0.779. The molecule has 0 aliphatic carbocycles. The van der Waals surface area contributed by atoms with E-state index in [1.807, 2.05) is 6.07 Å². The SMILES string of the molecule is COC(=O)c1cncc(Oc2cccc(C#N)c2)n1. The van der Waals surface area contributed by atoms with Gasteiger partial charge in [-0.15, -0.1) is 0 Å². The molecule has 0 unspecified atom stereocenters. The molecule has 0 fully saturated rings. The third-order valence-electron chi connectivity index (χ3n) is 2.19. The summed E-state index contributed by atoms with van der Waals surface area (Å²) in [4.78, 5) is 19.1. The second kappa shape index (κ2) is 5.60. The Morgan fingerprint density at radius 3 is 2.95 bits per heavy atom. The number of methoxy groups -OCH3 is 1. The summed E-state index contributed by atoms with van der Waals surface area (Å²) in [6.07, 6.45) is 2.65. The molecule has 0 spiro atoms. The largest absolute Gasteiger partial charge is 0.464 e. The van der Waals surface area contributed by atoms with E-state index in [9.17, 15) is 4.79 Å². The van der Waals surface area contributed by atoms with E-state index in [4.69, 9.17) is 10.00 Å². The lowest BCUT2D eigenvalue weighted by molar-refractivity contribution is 0.0592. The van der Waals surface area contributed by atoms with Gasteiger partial charge in [-0.1, -0.05) is 6.07 Å². The number of nitriles is 1. The molecular formula is C13H9N3O3. The highest BCUT2D eigenvalue weighted by Crippen LogP contribution is 2.19. The Balaban J connectivity index is 2.23. The predicted octanol–water partition coefficient (Wildman–Crippen LogP) is 1.93. The van der Waals surface area contributed by atoms with Crippen LogP contribution in [-0.4, -0.2) is 23.0 Å². The van der Waals surface area contributed by atoms with Crippen LogP contribution in [0.25, 0.3) is 0 Å². The van der Waals surface area contributed by atoms with E-state index in [1.54, 1.807) is 24.3 Å². The van der Waals surface area contributed by atoms with Crippen LogP contribution in [0, 0.1) is 11.3 Å². The molecular weight excluding hydrogens is 246 g/mol. The average Bonchev–Trinajstić information content (AvgIpc) is 2.47. The van der Waals surface area contributed by atoms with Gasteiger partial charge in [0.15, 0.2) is 5.69 Å². The zero-order valence-electron chi connectivity index (χ0n) is 10.0. The number of esters is 1. The second-order valence-corrected chi connectivity index (χ2v) is 3.48. The maximum Gasteiger partial charge on any atom is 0.358 e. The Labute approximate surface area is 109 Å². The zero-order valence-corrected chi connectivity index (χ0v) is 10.0. The highest BCUT2D eigenvalue weighted by molar-refractivity contribution is 5.86. The highest BCUT2D eigenvalue weighted by Gasteiger charge is 2.09. The Hall–Kier alpha value is -2.94. The van der Waals surface area contributed by atoms with Gasteiger partial charge in [-0.3, -0.25) is 4.98 Å². The fourth-order valence-corrected chi connectivity index (χ4v) is 1.35. The maximum atomic E-state index is 11.3. The van der Waals surface area contributed by atoms with Crippen LogP contribution in [0.2, 0.25) is 0 Å². The number of hydrogen-bond acceptors (Lipinski definition) is 6. The third kappa shape index (κ3) is 3.04. The van der Waals surface area contributed by atoms with E-state index in [0.29, 0.717) is 11.3 Å². The molecule has 0 amide bonds. The molecule has 0 radical (unpaired) electrons. The standard InChI is InChI=1S/C13H9N3O3/c1-18-13(17)11-7-15-8-12(16-11)19-10-4-2-3-9(5-10)6-14/h2-5,7-8H,1H3. The smallest absolute Gasteiger partial charge is 0.358 e. The first kappa shape index (κ1) is 12.5. The molecule has 1 aromatic carbocycles. The van der Waals surface area contributed by atoms with Crippen LogP contribution in [0.5, 0.6) is 11.6 Å². The highest BCUT2D eigenvalue weighted by atomic mass is 16.5. The van der Waals surface area contributed by atoms with Crippen LogP contribution in [0.3, 0.4) is 0 Å². The van der Waals surface area contributed by atoms with Crippen LogP contribution in [0.15, 0.2) is 36.7 Å². The Morgan fingerprint density at radius 1 is 1.37 bits per heavy atom. The van der Waals surface area contributed by atoms with Crippen molar-refractivity contribution in [3.63, 3.8) is 0 Å². The Morgan fingerprint density at radius 2 is 2.21 bits per heavy atom. The zero-order chi connectivity index (χ0) is 13.7. The minimum Gasteiger partial charge on any atom is -0.464 e. The van der Waals surface area contributed by atoms with Crippen LogP contribution in [0.1, 0.15) is 16.1 Å². The topological polar surface area (TPSA) is 85.1 Å². The molecule has 0 saturated heterocycles. The number of carbonyl (C=O) groups is 1. The van der Waals surface area contributed by atoms with Gasteiger partial charge in [0.05, 0.1) is 31.1 Å². The van der Waals surface area contributed by atoms with Gasteiger partial charge >= 0.3 is 5.97 Å². The lowest BCUT2D eigenvalue weighted by Crippen LogP contribution is -2.05. The Kier molecular flexibility index (Phi) is 3.69. The molecule has 0 bridgehead atoms. The summed E-state index contributed by atoms with van der Waals surface area (Å²) in [7, 11) is 1.26. The molecule has 2 rings (SSSR count). The normalized spacial score (nSPS) is 9.47. The first-order valence-electron chi connectivity index (χ1n) is 5.31. The van der Waals surface area contributed by atoms with Crippen molar-refractivity contribution in [2.75, 3.05) is 7.11 Å². The number of aromatic nitrogens is 2. The summed E-state index contributed by atoms with van der Waals surface area (Å²) in [6, 6.07) is 8.58. The minimum absolute atomic E-state index is 0.0523. The van der Waals surface area contributed by atoms with Gasteiger partial charge in [0.1, 0.15) is 5.75 Å². The van der Waals surface area contributed by atoms with E-state index in [1.165, 1.54) is 19.5 Å². The summed E-state index contributed by atoms with van der Waals surface area (Å²) in [5.41, 5.74) is 0.519. The van der Waals surface area contributed by atoms with Gasteiger partial charge in [-0.05, 0) is 18.2 Å². The van der Waals surface area contributed by atoms with Crippen molar-refractivity contribution in [2.45, 2.75) is 0 Å². The summed E-state index contributed by atoms with van der Waals surface area (Å²) in [6.45, 7) is 0. The summed E-state index contributed by atoms with van der Waals surface area (Å²) in [5.74, 6) is -0.00270. The van der Waals surface area contributed by atoms with E-state index in [2.05, 4.69) is 14.7 Å². The van der Waals surface area contributed by atoms with E-state index < -0.39 is 5.97 Å². The fraction of sp³-hybridized carbons (Fsp3) is 0.0769. The summed E-state index contributed by atoms with van der Waals surface area (Å²) < 4.78 is 9.96. The van der Waals surface area contributed by atoms with Crippen LogP contribution in [0.4, 0.5) is 0 Å². The lowest BCUT2D eigenvalue weighted by atomic mass is 10.2. The molecule has 1 heterocycles. The molecule has 0 N–H and O–H groups in total. The van der Waals surface area contributed by atoms with Crippen LogP contribution >= 0.6 is 0 Å². The van der Waals surface area contributed by atoms with Crippen molar-refractivity contribution < 1.29 is 14.3 Å². The van der Waals surface area contributed by atoms with Gasteiger partial charge in [0, 0.05) is 0 Å². The van der Waals surface area contributed by atoms with Crippen molar-refractivity contribution in [3.05, 3.63) is 47.9 Å². The first-order valence-corrected chi connectivity index (χ1v) is 5.31. The second-order valence-electron chi connectivity index (χ2n) is 3.48. The number of ether oxygens (including phenoxy) is 2. The van der Waals surface area contributed by atoms with Crippen molar-refractivity contribution in [1.82, 2.24) is 9.97 Å². The van der Waals surface area contributed by atoms with Crippen molar-refractivity contribution in [2.24, 2.45) is 0 Å². The molecule has 1 aromatic heterocycles. The summed E-state index contributed by atoms with van der Waals surface area (Å²) >= 11 is 0. The molecule has 2 aromatic rings. The number of nitrogens with zero attached hydrogens (tertiary/aromatic N) is 3. The number of carbonyl (C=O) groups excluding carboxylic acids is 1. The fourth-order valence-electron chi connectivity index (χ4n) is 1.35. The first-order chi connectivity index (χ1) is 9.22. The number of rotatable bonds is 3. The monoisotopic (exact) mass is 255 g/mol. The molecule has 19 heavy (non-hydrogen) atoms. The van der Waals surface area contributed by atoms with Crippen LogP contribution < -0.4 is 4.74 Å². The predicted molar refractivity (Wildman–Crippen MR) is 64.6 cm³/mol. The van der Waals surface area contributed by atoms with Gasteiger partial charge in [-0.25, -0.2) is 9.78 Å². The van der Waals surface area contributed by atoms with Crippen molar-refractivity contribution in [3.8, 4) is 17.7 Å². The molecule has 0 saturated carbocycles. The van der Waals surface area contributed by atoms with Crippen molar-refractivity contribution in [1.29, 1.82) is 5.26 Å². The van der Waals surface area contributed by atoms with E-state index in [-0.39, 0.29) is 11.6 Å². The lowest BCUT2D eigenvalue weighted by Gasteiger charge is -2.05. The third-order valence-corrected chi connectivity index (χ3v) is 2.19. The molecule has 0 aliphatic rings. The van der Waals surface area contributed by atoms with E-state index in [0.717, 1.165) is 0 Å². The molecule has 6 nitrogen and oxygen atoms in total. The maximum absolute atomic E-state index is 11.3. The molecule has 6 heteroatoms. The van der Waals surface area contributed by atoms with Gasteiger partial charge < -0.3 is 9.47 Å². The number of hydrogen-bond donors (Lipinski definition) is 0. The molecule has 0 atom stereocenters. The van der Waals surface area contributed by atoms with Gasteiger partial charge in [-0.2, -0.15) is 5.26 Å². The van der Waals surface area contributed by atoms with Crippen LogP contribution in [-0.2, 0) is 4.74 Å². The van der Waals surface area contributed by atoms with Gasteiger partial charge in [0.25, 0.3) is 0 Å². The molecule has 0 aliphatic heterocycles. The van der Waals surface area contributed by atoms with E-state index >= 15 is 0 Å². The van der Waals surface area contributed by atoms with Gasteiger partial charge in [0.2, 0.25) is 5.88 Å². The minimum atomic E-state index is -0.594.